The zero-order valence-electron chi connectivity index (χ0n) is 20.8. The quantitative estimate of drug-likeness (QED) is 0.515. The number of aliphatic hydroxyl groups is 1. The Hall–Kier alpha value is -3.67. The van der Waals surface area contributed by atoms with Crippen molar-refractivity contribution in [1.82, 2.24) is 20.2 Å². The number of fused-ring (bicyclic) bond motifs is 6. The average Bonchev–Trinajstić information content (AvgIpc) is 3.60. The lowest BCUT2D eigenvalue weighted by molar-refractivity contribution is 0.0936. The lowest BCUT2D eigenvalue weighted by Gasteiger charge is -2.36. The summed E-state index contributed by atoms with van der Waals surface area (Å²) in [6.07, 6.45) is 5.91. The normalized spacial score (nSPS) is 19.6. The van der Waals surface area contributed by atoms with Crippen LogP contribution in [0.25, 0.3) is 22.5 Å². The summed E-state index contributed by atoms with van der Waals surface area (Å²) in [7, 11) is 0. The number of aryl methyl sites for hydroxylation is 1. The Labute approximate surface area is 215 Å². The van der Waals surface area contributed by atoms with Crippen molar-refractivity contribution in [3.05, 3.63) is 58.4 Å². The molecule has 3 aromatic rings. The molecular weight excluding hydrogens is 464 g/mol. The molecule has 8 heteroatoms. The molecule has 188 valence electrons. The lowest BCUT2D eigenvalue weighted by atomic mass is 9.86. The minimum absolute atomic E-state index is 0.0502. The number of piperazine rings is 1. The summed E-state index contributed by atoms with van der Waals surface area (Å²) in [5, 5.41) is 22.3. The minimum atomic E-state index is 0.0502. The number of aromatic amines is 1. The van der Waals surface area contributed by atoms with E-state index in [1.165, 1.54) is 5.56 Å². The Balaban J connectivity index is 1.23. The second-order valence-electron chi connectivity index (χ2n) is 10.8. The minimum Gasteiger partial charge on any atom is -0.395 e. The molecule has 4 aliphatic rings. The summed E-state index contributed by atoms with van der Waals surface area (Å²) in [5.74, 6) is 0.0502. The third-order valence-corrected chi connectivity index (χ3v) is 8.74. The van der Waals surface area contributed by atoms with Gasteiger partial charge in [-0.15, -0.1) is 0 Å². The van der Waals surface area contributed by atoms with E-state index in [9.17, 15) is 15.2 Å². The zero-order valence-corrected chi connectivity index (χ0v) is 20.8. The van der Waals surface area contributed by atoms with Crippen LogP contribution in [0.3, 0.4) is 0 Å². The number of nitrogens with zero attached hydrogens (tertiary/aromatic N) is 4. The van der Waals surface area contributed by atoms with E-state index >= 15 is 0 Å². The standard InChI is InChI=1S/C29H30N6O2/c30-15-20-13-18(2-4-24(20)35-9-7-34(8-10-35)11-12-36)23-14-22-19(16-31-23)1-3-21-25-27(33-26(21)22)29(5-6-29)17-32-28(25)37/h2,4,13-14,16,33,36H,1,3,5-12,17H2,(H,32,37). The van der Waals surface area contributed by atoms with E-state index in [-0.39, 0.29) is 17.9 Å². The van der Waals surface area contributed by atoms with Crippen LogP contribution in [-0.2, 0) is 18.3 Å². The molecule has 0 bridgehead atoms. The van der Waals surface area contributed by atoms with Crippen molar-refractivity contribution < 1.29 is 9.90 Å². The number of nitriles is 1. The summed E-state index contributed by atoms with van der Waals surface area (Å²) in [6, 6.07) is 10.6. The summed E-state index contributed by atoms with van der Waals surface area (Å²) in [6.45, 7) is 5.02. The molecule has 1 saturated heterocycles. The van der Waals surface area contributed by atoms with Crippen LogP contribution in [0, 0.1) is 11.3 Å². The van der Waals surface area contributed by atoms with Gasteiger partial charge in [-0.3, -0.25) is 14.7 Å². The number of carbonyl (C=O) groups is 1. The number of hydrogen-bond donors (Lipinski definition) is 3. The van der Waals surface area contributed by atoms with Gasteiger partial charge in [0.25, 0.3) is 5.91 Å². The Bertz CT molecular complexity index is 1460. The second kappa shape index (κ2) is 8.44. The van der Waals surface area contributed by atoms with Crippen LogP contribution in [0.1, 0.15) is 45.6 Å². The van der Waals surface area contributed by atoms with Gasteiger partial charge in [0.2, 0.25) is 0 Å². The summed E-state index contributed by atoms with van der Waals surface area (Å²) < 4.78 is 0. The number of carbonyl (C=O) groups excluding carboxylic acids is 1. The van der Waals surface area contributed by atoms with Crippen molar-refractivity contribution in [3.8, 4) is 28.6 Å². The first-order valence-electron chi connectivity index (χ1n) is 13.3. The maximum absolute atomic E-state index is 12.8. The summed E-state index contributed by atoms with van der Waals surface area (Å²) >= 11 is 0. The second-order valence-corrected chi connectivity index (χ2v) is 10.8. The van der Waals surface area contributed by atoms with Crippen LogP contribution in [-0.4, -0.2) is 71.8 Å². The highest BCUT2D eigenvalue weighted by atomic mass is 16.3. The number of aliphatic hydroxyl groups excluding tert-OH is 1. The van der Waals surface area contributed by atoms with E-state index in [1.807, 2.05) is 18.3 Å². The van der Waals surface area contributed by atoms with Crippen molar-refractivity contribution in [2.45, 2.75) is 31.1 Å². The maximum atomic E-state index is 12.8. The molecule has 2 aliphatic carbocycles. The topological polar surface area (TPSA) is 108 Å². The number of nitrogens with one attached hydrogen (secondary N) is 2. The van der Waals surface area contributed by atoms with Gasteiger partial charge in [0.05, 0.1) is 34.8 Å². The third-order valence-electron chi connectivity index (χ3n) is 8.74. The molecule has 0 atom stereocenters. The number of anilines is 1. The van der Waals surface area contributed by atoms with Gasteiger partial charge in [0.1, 0.15) is 6.07 Å². The molecular formula is C29H30N6O2. The van der Waals surface area contributed by atoms with E-state index in [0.717, 1.165) is 103 Å². The van der Waals surface area contributed by atoms with Crippen molar-refractivity contribution in [3.63, 3.8) is 0 Å². The number of amides is 1. The molecule has 7 rings (SSSR count). The van der Waals surface area contributed by atoms with E-state index < -0.39 is 0 Å². The number of aromatic nitrogens is 2. The number of β-amino-alcohol motifs (C(OH)–C–C–N with tert-alkyl or cyclic N) is 1. The highest BCUT2D eigenvalue weighted by Crippen LogP contribution is 2.52. The first-order valence-corrected chi connectivity index (χ1v) is 13.3. The Morgan fingerprint density at radius 1 is 1.14 bits per heavy atom. The number of pyridine rings is 1. The molecule has 1 aromatic carbocycles. The molecule has 0 unspecified atom stereocenters. The molecule has 2 fully saturated rings. The fraction of sp³-hybridized carbons (Fsp3) is 0.414. The van der Waals surface area contributed by atoms with Crippen LogP contribution in [0.2, 0.25) is 0 Å². The molecule has 4 heterocycles. The van der Waals surface area contributed by atoms with Gasteiger partial charge in [0.15, 0.2) is 0 Å². The first-order chi connectivity index (χ1) is 18.1. The lowest BCUT2D eigenvalue weighted by Crippen LogP contribution is -2.47. The van der Waals surface area contributed by atoms with Crippen LogP contribution in [0.4, 0.5) is 5.69 Å². The molecule has 2 aromatic heterocycles. The van der Waals surface area contributed by atoms with Crippen LogP contribution >= 0.6 is 0 Å². The fourth-order valence-electron chi connectivity index (χ4n) is 6.42. The van der Waals surface area contributed by atoms with Gasteiger partial charge >= 0.3 is 0 Å². The molecule has 3 N–H and O–H groups in total. The smallest absolute Gasteiger partial charge is 0.253 e. The SMILES string of the molecule is N#Cc1cc(-c2cc3c(cn2)CCc2c-3[nH]c3c2C(=O)NCC32CC2)ccc1N1CCN(CCO)CC1. The third kappa shape index (κ3) is 3.57. The van der Waals surface area contributed by atoms with Crippen molar-refractivity contribution in [2.75, 3.05) is 50.8 Å². The Morgan fingerprint density at radius 3 is 2.73 bits per heavy atom. The predicted octanol–water partition coefficient (Wildman–Crippen LogP) is 2.60. The Morgan fingerprint density at radius 2 is 1.97 bits per heavy atom. The number of H-pyrrole nitrogens is 1. The number of benzene rings is 1. The molecule has 2 aliphatic heterocycles. The molecule has 1 spiro atoms. The highest BCUT2D eigenvalue weighted by Gasteiger charge is 2.51. The van der Waals surface area contributed by atoms with E-state index in [0.29, 0.717) is 12.1 Å². The zero-order chi connectivity index (χ0) is 25.1. The largest absolute Gasteiger partial charge is 0.395 e. The van der Waals surface area contributed by atoms with Gasteiger partial charge in [-0.2, -0.15) is 5.26 Å². The Kier molecular flexibility index (Phi) is 5.14. The van der Waals surface area contributed by atoms with Gasteiger partial charge in [-0.05, 0) is 55.0 Å². The van der Waals surface area contributed by atoms with E-state index in [4.69, 9.17) is 4.98 Å². The van der Waals surface area contributed by atoms with Crippen LogP contribution in [0.15, 0.2) is 30.5 Å². The molecule has 1 amide bonds. The van der Waals surface area contributed by atoms with Crippen LogP contribution < -0.4 is 10.2 Å². The molecule has 0 radical (unpaired) electrons. The monoisotopic (exact) mass is 494 g/mol. The maximum Gasteiger partial charge on any atom is 0.253 e. The molecule has 1 saturated carbocycles. The van der Waals surface area contributed by atoms with E-state index in [1.54, 1.807) is 0 Å². The van der Waals surface area contributed by atoms with Gasteiger partial charge in [0, 0.05) is 67.7 Å². The summed E-state index contributed by atoms with van der Waals surface area (Å²) in [5.41, 5.74) is 9.96. The van der Waals surface area contributed by atoms with Crippen molar-refractivity contribution in [1.29, 1.82) is 5.26 Å². The number of rotatable bonds is 4. The molecule has 37 heavy (non-hydrogen) atoms. The molecule has 8 nitrogen and oxygen atoms in total. The van der Waals surface area contributed by atoms with Crippen LogP contribution in [0.5, 0.6) is 0 Å². The highest BCUT2D eigenvalue weighted by molar-refractivity contribution is 6.01. The van der Waals surface area contributed by atoms with E-state index in [2.05, 4.69) is 38.3 Å². The first kappa shape index (κ1) is 22.5. The van der Waals surface area contributed by atoms with Crippen molar-refractivity contribution >= 4 is 11.6 Å². The van der Waals surface area contributed by atoms with Gasteiger partial charge < -0.3 is 20.3 Å². The number of hydrogen-bond acceptors (Lipinski definition) is 6. The summed E-state index contributed by atoms with van der Waals surface area (Å²) in [4.78, 5) is 25.8. The van der Waals surface area contributed by atoms with Crippen molar-refractivity contribution in [2.24, 2.45) is 0 Å². The van der Waals surface area contributed by atoms with Gasteiger partial charge in [-0.25, -0.2) is 0 Å². The predicted molar refractivity (Wildman–Crippen MR) is 141 cm³/mol. The van der Waals surface area contributed by atoms with Gasteiger partial charge in [-0.1, -0.05) is 6.07 Å². The fourth-order valence-corrected chi connectivity index (χ4v) is 6.42. The average molecular weight is 495 g/mol.